The molecular weight excluding hydrogens is 357 g/mol. The number of likely N-dealkylation sites (N-methyl/N-ethyl adjacent to an activating group) is 1. The molecule has 0 spiro atoms. The molecule has 0 saturated heterocycles. The first kappa shape index (κ1) is 16.2. The zero-order valence-corrected chi connectivity index (χ0v) is 13.3. The van der Waals surface area contributed by atoms with E-state index in [4.69, 9.17) is 9.15 Å². The summed E-state index contributed by atoms with van der Waals surface area (Å²) in [5.74, 6) is -1.57. The zero-order chi connectivity index (χ0) is 16.1. The fourth-order valence-corrected chi connectivity index (χ4v) is 2.01. The number of carbonyl (C=O) groups excluding carboxylic acids is 2. The summed E-state index contributed by atoms with van der Waals surface area (Å²) < 4.78 is 23.8. The molecule has 1 heterocycles. The molecule has 7 heteroatoms. The van der Waals surface area contributed by atoms with Gasteiger partial charge < -0.3 is 14.1 Å². The van der Waals surface area contributed by atoms with Crippen molar-refractivity contribution in [2.45, 2.75) is 6.54 Å². The first-order valence-corrected chi connectivity index (χ1v) is 7.16. The van der Waals surface area contributed by atoms with Gasteiger partial charge in [0.05, 0.1) is 0 Å². The molecule has 116 valence electrons. The Bertz CT molecular complexity index is 686. The lowest BCUT2D eigenvalue weighted by Gasteiger charge is -2.17. The second-order valence-electron chi connectivity index (χ2n) is 4.52. The van der Waals surface area contributed by atoms with Crippen LogP contribution in [0.15, 0.2) is 45.5 Å². The Morgan fingerprint density at radius 1 is 1.27 bits per heavy atom. The minimum atomic E-state index is -0.738. The SMILES string of the molecule is CN(Cc1ccccc1F)C(=O)COC(=O)c1ccc(Br)o1. The van der Waals surface area contributed by atoms with Crippen molar-refractivity contribution in [1.29, 1.82) is 0 Å². The smallest absolute Gasteiger partial charge is 0.374 e. The van der Waals surface area contributed by atoms with Crippen molar-refractivity contribution in [2.24, 2.45) is 0 Å². The van der Waals surface area contributed by atoms with Crippen molar-refractivity contribution >= 4 is 27.8 Å². The molecule has 1 amide bonds. The van der Waals surface area contributed by atoms with Gasteiger partial charge in [-0.2, -0.15) is 0 Å². The Balaban J connectivity index is 1.86. The summed E-state index contributed by atoms with van der Waals surface area (Å²) >= 11 is 3.06. The molecular formula is C15H13BrFNO4. The van der Waals surface area contributed by atoms with E-state index in [1.165, 1.54) is 24.1 Å². The number of benzene rings is 1. The number of halogens is 2. The highest BCUT2D eigenvalue weighted by Crippen LogP contribution is 2.15. The molecule has 2 rings (SSSR count). The number of hydrogen-bond donors (Lipinski definition) is 0. The van der Waals surface area contributed by atoms with E-state index in [2.05, 4.69) is 15.9 Å². The lowest BCUT2D eigenvalue weighted by molar-refractivity contribution is -0.133. The van der Waals surface area contributed by atoms with Gasteiger partial charge in [-0.25, -0.2) is 9.18 Å². The number of amides is 1. The highest BCUT2D eigenvalue weighted by molar-refractivity contribution is 9.10. The summed E-state index contributed by atoms with van der Waals surface area (Å²) in [6.45, 7) is -0.350. The van der Waals surface area contributed by atoms with Gasteiger partial charge in [-0.05, 0) is 34.1 Å². The Morgan fingerprint density at radius 3 is 2.64 bits per heavy atom. The van der Waals surface area contributed by atoms with Gasteiger partial charge in [0, 0.05) is 19.2 Å². The topological polar surface area (TPSA) is 59.8 Å². The van der Waals surface area contributed by atoms with Crippen molar-refractivity contribution in [3.8, 4) is 0 Å². The van der Waals surface area contributed by atoms with Gasteiger partial charge in [-0.15, -0.1) is 0 Å². The van der Waals surface area contributed by atoms with E-state index >= 15 is 0 Å². The maximum atomic E-state index is 13.5. The van der Waals surface area contributed by atoms with E-state index in [0.717, 1.165) is 0 Å². The van der Waals surface area contributed by atoms with Crippen LogP contribution >= 0.6 is 15.9 Å². The Morgan fingerprint density at radius 2 is 2.00 bits per heavy atom. The number of carbonyl (C=O) groups is 2. The largest absolute Gasteiger partial charge is 0.450 e. The highest BCUT2D eigenvalue weighted by Gasteiger charge is 2.17. The molecule has 0 radical (unpaired) electrons. The predicted octanol–water partition coefficient (Wildman–Crippen LogP) is 3.00. The molecule has 22 heavy (non-hydrogen) atoms. The number of ether oxygens (including phenoxy) is 1. The summed E-state index contributed by atoms with van der Waals surface area (Å²) in [4.78, 5) is 24.8. The maximum Gasteiger partial charge on any atom is 0.374 e. The first-order valence-electron chi connectivity index (χ1n) is 6.37. The van der Waals surface area contributed by atoms with E-state index in [-0.39, 0.29) is 18.1 Å². The fraction of sp³-hybridized carbons (Fsp3) is 0.200. The van der Waals surface area contributed by atoms with Gasteiger partial charge >= 0.3 is 5.97 Å². The molecule has 0 aliphatic heterocycles. The standard InChI is InChI=1S/C15H13BrFNO4/c1-18(8-10-4-2-3-5-11(10)17)14(19)9-21-15(20)12-6-7-13(16)22-12/h2-7H,8-9H2,1H3. The molecule has 1 aromatic heterocycles. The molecule has 0 aliphatic rings. The van der Waals surface area contributed by atoms with Crippen LogP contribution in [0, 0.1) is 5.82 Å². The van der Waals surface area contributed by atoms with Gasteiger partial charge in [0.25, 0.3) is 5.91 Å². The lowest BCUT2D eigenvalue weighted by Crippen LogP contribution is -2.31. The number of rotatable bonds is 5. The quantitative estimate of drug-likeness (QED) is 0.760. The van der Waals surface area contributed by atoms with E-state index in [1.807, 2.05) is 0 Å². The van der Waals surface area contributed by atoms with Gasteiger partial charge in [-0.1, -0.05) is 18.2 Å². The zero-order valence-electron chi connectivity index (χ0n) is 11.7. The van der Waals surface area contributed by atoms with Crippen LogP contribution in [0.4, 0.5) is 4.39 Å². The molecule has 5 nitrogen and oxygen atoms in total. The monoisotopic (exact) mass is 369 g/mol. The average molecular weight is 370 g/mol. The van der Waals surface area contributed by atoms with Crippen LogP contribution in [-0.2, 0) is 16.1 Å². The number of furan rings is 1. The molecule has 0 bridgehead atoms. The van der Waals surface area contributed by atoms with E-state index in [9.17, 15) is 14.0 Å². The maximum absolute atomic E-state index is 13.5. The molecule has 0 aliphatic carbocycles. The third kappa shape index (κ3) is 4.17. The number of nitrogens with zero attached hydrogens (tertiary/aromatic N) is 1. The molecule has 0 saturated carbocycles. The second-order valence-corrected chi connectivity index (χ2v) is 5.30. The third-order valence-electron chi connectivity index (χ3n) is 2.89. The van der Waals surface area contributed by atoms with Crippen molar-refractivity contribution in [3.05, 3.63) is 58.2 Å². The van der Waals surface area contributed by atoms with Crippen LogP contribution in [0.5, 0.6) is 0 Å². The van der Waals surface area contributed by atoms with Gasteiger partial charge in [-0.3, -0.25) is 4.79 Å². The summed E-state index contributed by atoms with van der Waals surface area (Å²) in [6.07, 6.45) is 0. The molecule has 0 fully saturated rings. The Hall–Kier alpha value is -2.15. The molecule has 1 aromatic carbocycles. The van der Waals surface area contributed by atoms with Crippen LogP contribution in [0.25, 0.3) is 0 Å². The fourth-order valence-electron chi connectivity index (χ4n) is 1.70. The molecule has 0 unspecified atom stereocenters. The Kier molecular flexibility index (Phi) is 5.32. The van der Waals surface area contributed by atoms with Gasteiger partial charge in [0.1, 0.15) is 5.82 Å². The average Bonchev–Trinajstić information content (AvgIpc) is 2.93. The summed E-state index contributed by atoms with van der Waals surface area (Å²) in [6, 6.07) is 9.14. The van der Waals surface area contributed by atoms with E-state index in [0.29, 0.717) is 10.2 Å². The van der Waals surface area contributed by atoms with Crippen LogP contribution in [-0.4, -0.2) is 30.4 Å². The Labute approximate surface area is 134 Å². The van der Waals surface area contributed by atoms with Crippen molar-refractivity contribution < 1.29 is 23.1 Å². The van der Waals surface area contributed by atoms with Crippen molar-refractivity contribution in [3.63, 3.8) is 0 Å². The van der Waals surface area contributed by atoms with Gasteiger partial charge in [0.2, 0.25) is 5.76 Å². The van der Waals surface area contributed by atoms with Crippen LogP contribution in [0.2, 0.25) is 0 Å². The van der Waals surface area contributed by atoms with Crippen molar-refractivity contribution in [1.82, 2.24) is 4.90 Å². The summed E-state index contributed by atoms with van der Waals surface area (Å²) in [7, 11) is 1.51. The molecule has 0 atom stereocenters. The van der Waals surface area contributed by atoms with Crippen LogP contribution < -0.4 is 0 Å². The highest BCUT2D eigenvalue weighted by atomic mass is 79.9. The third-order valence-corrected chi connectivity index (χ3v) is 3.32. The second kappa shape index (κ2) is 7.22. The summed E-state index contributed by atoms with van der Waals surface area (Å²) in [5, 5.41) is 0. The molecule has 2 aromatic rings. The van der Waals surface area contributed by atoms with E-state index in [1.54, 1.807) is 24.3 Å². The van der Waals surface area contributed by atoms with Crippen molar-refractivity contribution in [2.75, 3.05) is 13.7 Å². The number of esters is 1. The minimum absolute atomic E-state index is 0.00330. The molecule has 0 N–H and O–H groups in total. The predicted molar refractivity (Wildman–Crippen MR) is 79.6 cm³/mol. The van der Waals surface area contributed by atoms with Crippen LogP contribution in [0.1, 0.15) is 16.1 Å². The number of hydrogen-bond acceptors (Lipinski definition) is 4. The normalized spacial score (nSPS) is 10.3. The van der Waals surface area contributed by atoms with Gasteiger partial charge in [0.15, 0.2) is 11.3 Å². The summed E-state index contributed by atoms with van der Waals surface area (Å²) in [5.41, 5.74) is 0.389. The van der Waals surface area contributed by atoms with E-state index < -0.39 is 18.5 Å². The van der Waals surface area contributed by atoms with Crippen LogP contribution in [0.3, 0.4) is 0 Å². The minimum Gasteiger partial charge on any atom is -0.450 e. The lowest BCUT2D eigenvalue weighted by atomic mass is 10.2. The first-order chi connectivity index (χ1) is 10.5.